The Morgan fingerprint density at radius 1 is 0.769 bits per heavy atom. The van der Waals surface area contributed by atoms with E-state index in [1.54, 1.807) is 13.8 Å². The van der Waals surface area contributed by atoms with Gasteiger partial charge in [-0.05, 0) is 62.4 Å². The molecule has 4 aromatic rings. The van der Waals surface area contributed by atoms with Crippen LogP contribution >= 0.6 is 0 Å². The molecule has 6 N–H and O–H groups in total. The number of nitrogens with two attached hydrogens (primary N) is 2. The van der Waals surface area contributed by atoms with Crippen LogP contribution in [0.25, 0.3) is 0 Å². The second kappa shape index (κ2) is 11.9. The van der Waals surface area contributed by atoms with Crippen LogP contribution in [0.3, 0.4) is 0 Å². The van der Waals surface area contributed by atoms with Crippen molar-refractivity contribution >= 4 is 43.1 Å². The standard InChI is InChI=1S/C12H14N4O4S.C11H13N3O3S/c1-19-10-11(14-7-15-12(10)20-2)16-21(17,18)9-5-3-8(13)4-6-9;1-7-8(2)13-17-11(7)14-18(15,16)10-5-3-9(12)4-6-10/h3-7H,13H2,1-2H3,(H,14,15,16);3-6,14H,12H2,1-2H3. The van der Waals surface area contributed by atoms with Gasteiger partial charge in [0.15, 0.2) is 5.82 Å². The molecule has 0 unspecified atom stereocenters. The van der Waals surface area contributed by atoms with E-state index in [-0.39, 0.29) is 33.1 Å². The van der Waals surface area contributed by atoms with Gasteiger partial charge >= 0.3 is 0 Å². The number of hydrogen-bond acceptors (Lipinski definition) is 12. The van der Waals surface area contributed by atoms with Crippen molar-refractivity contribution in [1.29, 1.82) is 0 Å². The molecule has 0 saturated heterocycles. The van der Waals surface area contributed by atoms with E-state index in [1.165, 1.54) is 69.1 Å². The summed E-state index contributed by atoms with van der Waals surface area (Å²) in [6, 6.07) is 11.7. The predicted molar refractivity (Wildman–Crippen MR) is 144 cm³/mol. The van der Waals surface area contributed by atoms with Crippen LogP contribution in [0.5, 0.6) is 11.6 Å². The summed E-state index contributed by atoms with van der Waals surface area (Å²) in [5.41, 5.74) is 13.3. The highest BCUT2D eigenvalue weighted by molar-refractivity contribution is 7.93. The number of benzene rings is 2. The molecular weight excluding hydrogens is 550 g/mol. The van der Waals surface area contributed by atoms with Crippen molar-refractivity contribution in [3.8, 4) is 11.6 Å². The molecule has 0 atom stereocenters. The number of methoxy groups -OCH3 is 2. The van der Waals surface area contributed by atoms with Crippen molar-refractivity contribution in [3.05, 3.63) is 66.1 Å². The molecule has 2 heterocycles. The van der Waals surface area contributed by atoms with Gasteiger partial charge in [0.25, 0.3) is 25.9 Å². The molecule has 0 amide bonds. The Hall–Kier alpha value is -4.57. The number of sulfonamides is 2. The molecule has 4 rings (SSSR count). The van der Waals surface area contributed by atoms with E-state index in [0.29, 0.717) is 22.6 Å². The van der Waals surface area contributed by atoms with Gasteiger partial charge in [-0.15, -0.1) is 0 Å². The van der Waals surface area contributed by atoms with Crippen molar-refractivity contribution in [3.63, 3.8) is 0 Å². The number of nitrogens with one attached hydrogen (secondary N) is 2. The quantitative estimate of drug-likeness (QED) is 0.222. The Kier molecular flexibility index (Phi) is 8.82. The average Bonchev–Trinajstić information content (AvgIpc) is 3.21. The molecule has 0 aliphatic carbocycles. The van der Waals surface area contributed by atoms with Crippen LogP contribution in [0.4, 0.5) is 23.1 Å². The number of aromatic nitrogens is 3. The average molecular weight is 578 g/mol. The molecular formula is C23H27N7O7S2. The summed E-state index contributed by atoms with van der Waals surface area (Å²) < 4.78 is 68.2. The van der Waals surface area contributed by atoms with Gasteiger partial charge in [-0.1, -0.05) is 5.16 Å². The first-order valence-electron chi connectivity index (χ1n) is 11.0. The van der Waals surface area contributed by atoms with E-state index in [1.807, 2.05) is 0 Å². The molecule has 0 radical (unpaired) electrons. The summed E-state index contributed by atoms with van der Waals surface area (Å²) in [6.45, 7) is 3.46. The third kappa shape index (κ3) is 7.05. The number of ether oxygens (including phenoxy) is 2. The monoisotopic (exact) mass is 577 g/mol. The van der Waals surface area contributed by atoms with Crippen molar-refractivity contribution in [2.45, 2.75) is 23.6 Å². The minimum absolute atomic E-state index is 0.0128. The summed E-state index contributed by atoms with van der Waals surface area (Å²) in [5, 5.41) is 3.69. The summed E-state index contributed by atoms with van der Waals surface area (Å²) >= 11 is 0. The minimum atomic E-state index is -3.82. The molecule has 2 aromatic carbocycles. The molecule has 2 aromatic heterocycles. The second-order valence-corrected chi connectivity index (χ2v) is 11.2. The molecule has 0 saturated carbocycles. The molecule has 16 heteroatoms. The molecule has 14 nitrogen and oxygen atoms in total. The van der Waals surface area contributed by atoms with Gasteiger partial charge in [0, 0.05) is 16.9 Å². The largest absolute Gasteiger partial charge is 0.489 e. The van der Waals surface area contributed by atoms with E-state index >= 15 is 0 Å². The SMILES string of the molecule is COc1ncnc(NS(=O)(=O)c2ccc(N)cc2)c1OC.Cc1noc(NS(=O)(=O)c2ccc(N)cc2)c1C. The first-order valence-corrected chi connectivity index (χ1v) is 14.0. The smallest absolute Gasteiger partial charge is 0.264 e. The van der Waals surface area contributed by atoms with Crippen molar-refractivity contribution in [2.75, 3.05) is 35.1 Å². The Morgan fingerprint density at radius 2 is 1.28 bits per heavy atom. The van der Waals surface area contributed by atoms with E-state index in [4.69, 9.17) is 25.5 Å². The third-order valence-electron chi connectivity index (χ3n) is 5.16. The van der Waals surface area contributed by atoms with Gasteiger partial charge in [-0.25, -0.2) is 26.5 Å². The highest BCUT2D eigenvalue weighted by Gasteiger charge is 2.21. The van der Waals surface area contributed by atoms with Gasteiger partial charge in [0.05, 0.1) is 29.7 Å². The summed E-state index contributed by atoms with van der Waals surface area (Å²) in [6.07, 6.45) is 1.17. The number of anilines is 4. The van der Waals surface area contributed by atoms with Crippen LogP contribution in [0.15, 0.2) is 69.2 Å². The van der Waals surface area contributed by atoms with Gasteiger partial charge in [-0.3, -0.25) is 4.72 Å². The van der Waals surface area contributed by atoms with Crippen LogP contribution < -0.4 is 30.4 Å². The zero-order chi connectivity index (χ0) is 28.8. The summed E-state index contributed by atoms with van der Waals surface area (Å²) in [4.78, 5) is 7.86. The maximum atomic E-state index is 12.3. The molecule has 0 aliphatic heterocycles. The van der Waals surface area contributed by atoms with Crippen LogP contribution in [0.1, 0.15) is 11.3 Å². The van der Waals surface area contributed by atoms with Gasteiger partial charge < -0.3 is 25.5 Å². The van der Waals surface area contributed by atoms with Crippen LogP contribution in [-0.4, -0.2) is 46.2 Å². The second-order valence-electron chi connectivity index (χ2n) is 7.84. The lowest BCUT2D eigenvalue weighted by molar-refractivity contribution is 0.342. The Bertz CT molecular complexity index is 1640. The van der Waals surface area contributed by atoms with Crippen molar-refractivity contribution < 1.29 is 30.8 Å². The van der Waals surface area contributed by atoms with Crippen molar-refractivity contribution in [1.82, 2.24) is 15.1 Å². The first kappa shape index (κ1) is 29.0. The summed E-state index contributed by atoms with van der Waals surface area (Å²) in [5.74, 6) is 0.340. The van der Waals surface area contributed by atoms with E-state index in [0.717, 1.165) is 0 Å². The number of nitrogens with zero attached hydrogens (tertiary/aromatic N) is 3. The third-order valence-corrected chi connectivity index (χ3v) is 7.87. The molecule has 39 heavy (non-hydrogen) atoms. The fourth-order valence-corrected chi connectivity index (χ4v) is 4.99. The van der Waals surface area contributed by atoms with Gasteiger partial charge in [-0.2, -0.15) is 4.98 Å². The maximum Gasteiger partial charge on any atom is 0.264 e. The number of hydrogen-bond donors (Lipinski definition) is 4. The normalized spacial score (nSPS) is 11.2. The topological polar surface area (TPSA) is 215 Å². The molecule has 0 bridgehead atoms. The zero-order valence-electron chi connectivity index (χ0n) is 21.4. The molecule has 0 fully saturated rings. The van der Waals surface area contributed by atoms with Crippen LogP contribution in [0, 0.1) is 13.8 Å². The lowest BCUT2D eigenvalue weighted by Gasteiger charge is -2.12. The Morgan fingerprint density at radius 3 is 1.72 bits per heavy atom. The summed E-state index contributed by atoms with van der Waals surface area (Å²) in [7, 11) is -4.74. The number of nitrogen functional groups attached to an aromatic ring is 2. The van der Waals surface area contributed by atoms with Crippen molar-refractivity contribution in [2.24, 2.45) is 0 Å². The maximum absolute atomic E-state index is 12.3. The van der Waals surface area contributed by atoms with E-state index in [9.17, 15) is 16.8 Å². The highest BCUT2D eigenvalue weighted by atomic mass is 32.2. The predicted octanol–water partition coefficient (Wildman–Crippen LogP) is 2.55. The minimum Gasteiger partial charge on any atom is -0.489 e. The van der Waals surface area contributed by atoms with Crippen LogP contribution in [0.2, 0.25) is 0 Å². The lowest BCUT2D eigenvalue weighted by atomic mass is 10.3. The first-order chi connectivity index (χ1) is 18.4. The van der Waals surface area contributed by atoms with E-state index in [2.05, 4.69) is 24.6 Å². The van der Waals surface area contributed by atoms with Gasteiger partial charge in [0.1, 0.15) is 6.33 Å². The number of rotatable bonds is 8. The Balaban J connectivity index is 0.000000218. The number of aryl methyl sites for hydroxylation is 1. The lowest BCUT2D eigenvalue weighted by Crippen LogP contribution is -2.15. The molecule has 0 aliphatic rings. The van der Waals surface area contributed by atoms with Gasteiger partial charge in [0.2, 0.25) is 11.6 Å². The molecule has 0 spiro atoms. The Labute approximate surface area is 225 Å². The van der Waals surface area contributed by atoms with E-state index < -0.39 is 20.0 Å². The fourth-order valence-electron chi connectivity index (χ4n) is 2.93. The highest BCUT2D eigenvalue weighted by Crippen LogP contribution is 2.32. The molecule has 208 valence electrons. The van der Waals surface area contributed by atoms with Crippen LogP contribution in [-0.2, 0) is 20.0 Å². The fraction of sp³-hybridized carbons (Fsp3) is 0.174. The zero-order valence-corrected chi connectivity index (χ0v) is 23.0.